The molecular weight excluding hydrogens is 336 g/mol. The number of rotatable bonds is 7. The van der Waals surface area contributed by atoms with Gasteiger partial charge >= 0.3 is 0 Å². The van der Waals surface area contributed by atoms with Crippen molar-refractivity contribution in [2.75, 3.05) is 0 Å². The third kappa shape index (κ3) is 6.24. The molecule has 0 atom stereocenters. The number of hydrogen-bond donors (Lipinski definition) is 1. The van der Waals surface area contributed by atoms with Gasteiger partial charge < -0.3 is 10.2 Å². The van der Waals surface area contributed by atoms with Crippen LogP contribution in [0.3, 0.4) is 0 Å². The topological polar surface area (TPSA) is 49.4 Å². The van der Waals surface area contributed by atoms with Gasteiger partial charge in [-0.1, -0.05) is 54.1 Å². The molecule has 2 rings (SSSR count). The molecule has 0 aliphatic heterocycles. The predicted molar refractivity (Wildman–Crippen MR) is 100 cm³/mol. The quantitative estimate of drug-likeness (QED) is 0.766. The highest BCUT2D eigenvalue weighted by Crippen LogP contribution is 2.11. The normalized spacial score (nSPS) is 10.6. The fourth-order valence-corrected chi connectivity index (χ4v) is 2.57. The van der Waals surface area contributed by atoms with Gasteiger partial charge in [-0.15, -0.1) is 0 Å². The summed E-state index contributed by atoms with van der Waals surface area (Å²) in [6, 6.07) is 17.0. The SMILES string of the molecule is CC(C)N(Cc1ccccc1)C(=O)CC(=O)NCc1ccc(Cl)cc1. The molecule has 0 radical (unpaired) electrons. The number of nitrogens with one attached hydrogen (secondary N) is 1. The zero-order valence-electron chi connectivity index (χ0n) is 14.5. The molecule has 0 aromatic heterocycles. The van der Waals surface area contributed by atoms with Crippen molar-refractivity contribution >= 4 is 23.4 Å². The van der Waals surface area contributed by atoms with Crippen molar-refractivity contribution in [3.05, 3.63) is 70.7 Å². The minimum atomic E-state index is -0.279. The van der Waals surface area contributed by atoms with Crippen LogP contribution in [-0.4, -0.2) is 22.8 Å². The number of carbonyl (C=O) groups is 2. The van der Waals surface area contributed by atoms with Crippen LogP contribution in [0.1, 0.15) is 31.4 Å². The molecule has 132 valence electrons. The molecule has 25 heavy (non-hydrogen) atoms. The van der Waals surface area contributed by atoms with Crippen LogP contribution in [0.15, 0.2) is 54.6 Å². The maximum Gasteiger partial charge on any atom is 0.232 e. The highest BCUT2D eigenvalue weighted by molar-refractivity contribution is 6.30. The van der Waals surface area contributed by atoms with E-state index in [1.807, 2.05) is 56.3 Å². The average molecular weight is 359 g/mol. The van der Waals surface area contributed by atoms with Crippen LogP contribution in [0, 0.1) is 0 Å². The first kappa shape index (κ1) is 19.0. The van der Waals surface area contributed by atoms with Gasteiger partial charge in [0.25, 0.3) is 0 Å². The molecule has 0 aliphatic rings. The molecule has 0 saturated carbocycles. The first-order valence-electron chi connectivity index (χ1n) is 8.30. The largest absolute Gasteiger partial charge is 0.352 e. The molecule has 2 aromatic rings. The van der Waals surface area contributed by atoms with E-state index in [0.29, 0.717) is 18.1 Å². The lowest BCUT2D eigenvalue weighted by atomic mass is 10.1. The van der Waals surface area contributed by atoms with Crippen LogP contribution in [0.4, 0.5) is 0 Å². The van der Waals surface area contributed by atoms with Crippen LogP contribution in [0.2, 0.25) is 5.02 Å². The summed E-state index contributed by atoms with van der Waals surface area (Å²) in [5.74, 6) is -0.453. The standard InChI is InChI=1S/C20H23ClN2O2/c1-15(2)23(14-17-6-4-3-5-7-17)20(25)12-19(24)22-13-16-8-10-18(21)11-9-16/h3-11,15H,12-14H2,1-2H3,(H,22,24). The first-order valence-corrected chi connectivity index (χ1v) is 8.68. The molecule has 0 unspecified atom stereocenters. The molecule has 2 aromatic carbocycles. The van der Waals surface area contributed by atoms with Gasteiger partial charge in [0.05, 0.1) is 0 Å². The first-order chi connectivity index (χ1) is 12.0. The molecule has 0 heterocycles. The van der Waals surface area contributed by atoms with Crippen LogP contribution in [0.25, 0.3) is 0 Å². The number of amides is 2. The number of halogens is 1. The Morgan fingerprint density at radius 3 is 2.24 bits per heavy atom. The van der Waals surface area contributed by atoms with Gasteiger partial charge in [0, 0.05) is 24.2 Å². The maximum atomic E-state index is 12.5. The molecule has 0 aliphatic carbocycles. The number of benzene rings is 2. The Morgan fingerprint density at radius 1 is 1.00 bits per heavy atom. The van der Waals surface area contributed by atoms with Gasteiger partial charge in [-0.05, 0) is 37.1 Å². The lowest BCUT2D eigenvalue weighted by molar-refractivity contribution is -0.138. The molecule has 4 nitrogen and oxygen atoms in total. The number of carbonyl (C=O) groups excluding carboxylic acids is 2. The fraction of sp³-hybridized carbons (Fsp3) is 0.300. The minimum absolute atomic E-state index is 0.0248. The van der Waals surface area contributed by atoms with Crippen molar-refractivity contribution in [3.8, 4) is 0 Å². The average Bonchev–Trinajstić information content (AvgIpc) is 2.59. The van der Waals surface area contributed by atoms with Gasteiger partial charge in [-0.25, -0.2) is 0 Å². The molecule has 0 spiro atoms. The molecule has 0 fully saturated rings. The van der Waals surface area contributed by atoms with Crippen molar-refractivity contribution in [1.82, 2.24) is 10.2 Å². The molecular formula is C20H23ClN2O2. The monoisotopic (exact) mass is 358 g/mol. The van der Waals surface area contributed by atoms with Gasteiger partial charge in [0.1, 0.15) is 6.42 Å². The Labute approximate surface area is 153 Å². The van der Waals surface area contributed by atoms with Crippen LogP contribution in [0.5, 0.6) is 0 Å². The van der Waals surface area contributed by atoms with Crippen LogP contribution >= 0.6 is 11.6 Å². The van der Waals surface area contributed by atoms with Crippen molar-refractivity contribution in [2.45, 2.75) is 39.4 Å². The van der Waals surface area contributed by atoms with Crippen molar-refractivity contribution in [3.63, 3.8) is 0 Å². The van der Waals surface area contributed by atoms with E-state index in [2.05, 4.69) is 5.32 Å². The smallest absolute Gasteiger partial charge is 0.232 e. The molecule has 5 heteroatoms. The summed E-state index contributed by atoms with van der Waals surface area (Å²) >= 11 is 5.84. The summed E-state index contributed by atoms with van der Waals surface area (Å²) in [6.45, 7) is 4.78. The molecule has 2 amide bonds. The molecule has 1 N–H and O–H groups in total. The Hall–Kier alpha value is -2.33. The third-order valence-corrected chi connectivity index (χ3v) is 4.11. The van der Waals surface area contributed by atoms with E-state index in [0.717, 1.165) is 11.1 Å². The second-order valence-electron chi connectivity index (χ2n) is 6.18. The predicted octanol–water partition coefficient (Wildman–Crippen LogP) is 3.78. The van der Waals surface area contributed by atoms with Gasteiger partial charge in [-0.3, -0.25) is 9.59 Å². The molecule has 0 bridgehead atoms. The summed E-state index contributed by atoms with van der Waals surface area (Å²) in [6.07, 6.45) is -0.154. The molecule has 0 saturated heterocycles. The van der Waals surface area contributed by atoms with E-state index in [-0.39, 0.29) is 24.3 Å². The van der Waals surface area contributed by atoms with Crippen molar-refractivity contribution in [1.29, 1.82) is 0 Å². The highest BCUT2D eigenvalue weighted by atomic mass is 35.5. The zero-order chi connectivity index (χ0) is 18.2. The third-order valence-electron chi connectivity index (χ3n) is 3.85. The van der Waals surface area contributed by atoms with E-state index in [4.69, 9.17) is 11.6 Å². The van der Waals surface area contributed by atoms with Crippen molar-refractivity contribution in [2.24, 2.45) is 0 Å². The van der Waals surface area contributed by atoms with Gasteiger partial charge in [0.15, 0.2) is 0 Å². The Kier molecular flexibility index (Phi) is 7.02. The number of hydrogen-bond acceptors (Lipinski definition) is 2. The summed E-state index contributed by atoms with van der Waals surface area (Å²) in [7, 11) is 0. The van der Waals surface area contributed by atoms with E-state index in [1.165, 1.54) is 0 Å². The Balaban J connectivity index is 1.88. The second kappa shape index (κ2) is 9.23. The van der Waals surface area contributed by atoms with Gasteiger partial charge in [-0.2, -0.15) is 0 Å². The summed E-state index contributed by atoms with van der Waals surface area (Å²) in [5.41, 5.74) is 1.99. The summed E-state index contributed by atoms with van der Waals surface area (Å²) < 4.78 is 0. The Morgan fingerprint density at radius 2 is 1.64 bits per heavy atom. The van der Waals surface area contributed by atoms with E-state index >= 15 is 0 Å². The fourth-order valence-electron chi connectivity index (χ4n) is 2.44. The minimum Gasteiger partial charge on any atom is -0.352 e. The highest BCUT2D eigenvalue weighted by Gasteiger charge is 2.20. The van der Waals surface area contributed by atoms with E-state index in [9.17, 15) is 9.59 Å². The van der Waals surface area contributed by atoms with E-state index < -0.39 is 0 Å². The lowest BCUT2D eigenvalue weighted by Gasteiger charge is -2.26. The zero-order valence-corrected chi connectivity index (χ0v) is 15.3. The summed E-state index contributed by atoms with van der Waals surface area (Å²) in [4.78, 5) is 26.3. The number of nitrogens with zero attached hydrogens (tertiary/aromatic N) is 1. The van der Waals surface area contributed by atoms with E-state index in [1.54, 1.807) is 17.0 Å². The van der Waals surface area contributed by atoms with Crippen LogP contribution in [-0.2, 0) is 22.7 Å². The van der Waals surface area contributed by atoms with Gasteiger partial charge in [0.2, 0.25) is 11.8 Å². The van der Waals surface area contributed by atoms with Crippen molar-refractivity contribution < 1.29 is 9.59 Å². The van der Waals surface area contributed by atoms with Crippen LogP contribution < -0.4 is 5.32 Å². The summed E-state index contributed by atoms with van der Waals surface area (Å²) in [5, 5.41) is 3.43. The lowest BCUT2D eigenvalue weighted by Crippen LogP contribution is -2.39. The maximum absolute atomic E-state index is 12.5. The Bertz CT molecular complexity index is 699. The second-order valence-corrected chi connectivity index (χ2v) is 6.62.